The van der Waals surface area contributed by atoms with E-state index in [2.05, 4.69) is 85.0 Å². The molecule has 1 saturated heterocycles. The summed E-state index contributed by atoms with van der Waals surface area (Å²) in [5, 5.41) is 6.24. The number of ether oxygens (including phenoxy) is 1. The molecule has 6 rings (SSSR count). The zero-order valence-corrected chi connectivity index (χ0v) is 21.4. The van der Waals surface area contributed by atoms with Gasteiger partial charge in [0.15, 0.2) is 5.82 Å². The van der Waals surface area contributed by atoms with Crippen LogP contribution in [0.15, 0.2) is 83.3 Å². The smallest absolute Gasteiger partial charge is 0.204 e. The van der Waals surface area contributed by atoms with Gasteiger partial charge in [0, 0.05) is 34.0 Å². The van der Waals surface area contributed by atoms with Gasteiger partial charge in [-0.25, -0.2) is 4.68 Å². The minimum Gasteiger partial charge on any atom is -0.379 e. The number of hydrogen-bond donors (Lipinski definition) is 1. The van der Waals surface area contributed by atoms with Crippen molar-refractivity contribution in [3.8, 4) is 28.3 Å². The maximum absolute atomic E-state index is 6.01. The molecule has 3 aromatic carbocycles. The molecule has 2 aromatic heterocycles. The first kappa shape index (κ1) is 22.4. The Morgan fingerprint density at radius 1 is 0.943 bits per heavy atom. The Hall–Kier alpha value is -3.04. The van der Waals surface area contributed by atoms with Crippen molar-refractivity contribution in [1.82, 2.24) is 24.2 Å². The quantitative estimate of drug-likeness (QED) is 0.264. The van der Waals surface area contributed by atoms with E-state index in [0.29, 0.717) is 11.4 Å². The normalized spacial score (nSPS) is 14.5. The third-order valence-electron chi connectivity index (χ3n) is 6.34. The molecule has 0 amide bonds. The first-order valence-corrected chi connectivity index (χ1v) is 12.8. The fourth-order valence-electron chi connectivity index (χ4n) is 4.64. The zero-order valence-electron chi connectivity index (χ0n) is 19.0. The second kappa shape index (κ2) is 9.54. The average Bonchev–Trinajstić information content (AvgIpc) is 3.43. The van der Waals surface area contributed by atoms with Gasteiger partial charge < -0.3 is 9.72 Å². The van der Waals surface area contributed by atoms with Crippen molar-refractivity contribution < 1.29 is 4.74 Å². The molecule has 1 N–H and O–H groups in total. The highest BCUT2D eigenvalue weighted by atomic mass is 79.9. The molecule has 8 heteroatoms. The van der Waals surface area contributed by atoms with Crippen molar-refractivity contribution in [2.75, 3.05) is 26.3 Å². The van der Waals surface area contributed by atoms with Crippen LogP contribution in [0.1, 0.15) is 0 Å². The predicted molar refractivity (Wildman–Crippen MR) is 145 cm³/mol. The summed E-state index contributed by atoms with van der Waals surface area (Å²) >= 11 is 9.66. The Bertz CT molecular complexity index is 1530. The summed E-state index contributed by atoms with van der Waals surface area (Å²) in [5.41, 5.74) is 5.22. The number of nitrogens with one attached hydrogen (secondary N) is 1. The van der Waals surface area contributed by atoms with Crippen molar-refractivity contribution in [1.29, 1.82) is 0 Å². The van der Waals surface area contributed by atoms with Crippen molar-refractivity contribution in [3.05, 3.63) is 88.1 Å². The number of fused-ring (bicyclic) bond motifs is 1. The first-order chi connectivity index (χ1) is 17.2. The number of benzene rings is 3. The number of hydrogen-bond acceptors (Lipinski definition) is 4. The average molecular weight is 546 g/mol. The molecule has 0 aliphatic carbocycles. The Morgan fingerprint density at radius 3 is 2.40 bits per heavy atom. The van der Waals surface area contributed by atoms with Gasteiger partial charge >= 0.3 is 0 Å². The highest BCUT2D eigenvalue weighted by Gasteiger charge is 2.23. The number of aromatic nitrogens is 4. The molecular weight excluding hydrogens is 522 g/mol. The van der Waals surface area contributed by atoms with E-state index in [1.807, 2.05) is 28.9 Å². The van der Waals surface area contributed by atoms with Gasteiger partial charge in [0.05, 0.1) is 31.3 Å². The zero-order chi connectivity index (χ0) is 23.8. The molecule has 0 spiro atoms. The van der Waals surface area contributed by atoms with Crippen LogP contribution in [-0.4, -0.2) is 50.5 Å². The molecule has 1 fully saturated rings. The van der Waals surface area contributed by atoms with Crippen LogP contribution in [-0.2, 0) is 11.4 Å². The summed E-state index contributed by atoms with van der Waals surface area (Å²) in [6, 6.07) is 27.0. The van der Waals surface area contributed by atoms with E-state index in [4.69, 9.17) is 22.1 Å². The second-order valence-electron chi connectivity index (χ2n) is 8.58. The highest BCUT2D eigenvalue weighted by Crippen LogP contribution is 2.39. The van der Waals surface area contributed by atoms with Crippen LogP contribution < -0.4 is 0 Å². The number of para-hydroxylation sites is 1. The molecule has 3 heterocycles. The van der Waals surface area contributed by atoms with Gasteiger partial charge in [-0.2, -0.15) is 0 Å². The van der Waals surface area contributed by atoms with Crippen LogP contribution in [0.2, 0.25) is 0 Å². The van der Waals surface area contributed by atoms with E-state index >= 15 is 0 Å². The molecule has 5 aromatic rings. The van der Waals surface area contributed by atoms with Gasteiger partial charge in [-0.3, -0.25) is 9.47 Å². The van der Waals surface area contributed by atoms with Crippen molar-refractivity contribution in [2.45, 2.75) is 6.67 Å². The molecule has 0 atom stereocenters. The number of aromatic amines is 1. The molecule has 0 saturated carbocycles. The molecule has 1 aliphatic heterocycles. The molecule has 1 aliphatic rings. The lowest BCUT2D eigenvalue weighted by Crippen LogP contribution is -2.37. The SMILES string of the molecule is S=c1n(CN2CCOCC2)nc(-c2[nH]c3ccc(Br)cc3c2-c2ccccc2)n1-c1ccccc1. The lowest BCUT2D eigenvalue weighted by atomic mass is 10.0. The molecule has 0 unspecified atom stereocenters. The first-order valence-electron chi connectivity index (χ1n) is 11.6. The van der Waals surface area contributed by atoms with Gasteiger partial charge in [-0.1, -0.05) is 64.5 Å². The monoisotopic (exact) mass is 545 g/mol. The summed E-state index contributed by atoms with van der Waals surface area (Å²) in [6.45, 7) is 3.82. The second-order valence-corrected chi connectivity index (χ2v) is 9.86. The fourth-order valence-corrected chi connectivity index (χ4v) is 5.29. The molecule has 35 heavy (non-hydrogen) atoms. The summed E-state index contributed by atoms with van der Waals surface area (Å²) in [6.07, 6.45) is 0. The minimum atomic E-state index is 0.626. The molecule has 0 radical (unpaired) electrons. The minimum absolute atomic E-state index is 0.626. The van der Waals surface area contributed by atoms with Gasteiger partial charge in [-0.15, -0.1) is 5.10 Å². The lowest BCUT2D eigenvalue weighted by molar-refractivity contribution is 0.0210. The lowest BCUT2D eigenvalue weighted by Gasteiger charge is -2.26. The summed E-state index contributed by atoms with van der Waals surface area (Å²) in [7, 11) is 0. The van der Waals surface area contributed by atoms with E-state index < -0.39 is 0 Å². The van der Waals surface area contributed by atoms with Crippen LogP contribution >= 0.6 is 28.1 Å². The van der Waals surface area contributed by atoms with E-state index in [-0.39, 0.29) is 0 Å². The highest BCUT2D eigenvalue weighted by molar-refractivity contribution is 9.10. The van der Waals surface area contributed by atoms with E-state index in [0.717, 1.165) is 70.0 Å². The van der Waals surface area contributed by atoms with Crippen LogP contribution in [0.25, 0.3) is 39.2 Å². The largest absolute Gasteiger partial charge is 0.379 e. The Morgan fingerprint density at radius 2 is 1.66 bits per heavy atom. The van der Waals surface area contributed by atoms with Gasteiger partial charge in [0.2, 0.25) is 4.77 Å². The number of halogens is 1. The van der Waals surface area contributed by atoms with Gasteiger partial charge in [0.25, 0.3) is 0 Å². The molecule has 176 valence electrons. The summed E-state index contributed by atoms with van der Waals surface area (Å²) < 4.78 is 11.2. The van der Waals surface area contributed by atoms with Crippen LogP contribution in [0, 0.1) is 4.77 Å². The topological polar surface area (TPSA) is 51.0 Å². The maximum Gasteiger partial charge on any atom is 0.204 e. The van der Waals surface area contributed by atoms with E-state index in [1.54, 1.807) is 0 Å². The Balaban J connectivity index is 1.60. The van der Waals surface area contributed by atoms with E-state index in [9.17, 15) is 0 Å². The Kier molecular flexibility index (Phi) is 6.12. The third kappa shape index (κ3) is 4.27. The van der Waals surface area contributed by atoms with Crippen LogP contribution in [0.3, 0.4) is 0 Å². The van der Waals surface area contributed by atoms with Gasteiger partial charge in [-0.05, 0) is 48.1 Å². The number of H-pyrrole nitrogens is 1. The maximum atomic E-state index is 6.01. The van der Waals surface area contributed by atoms with E-state index in [1.165, 1.54) is 0 Å². The third-order valence-corrected chi connectivity index (χ3v) is 7.22. The van der Waals surface area contributed by atoms with Crippen molar-refractivity contribution >= 4 is 39.1 Å². The number of rotatable bonds is 5. The predicted octanol–water partition coefficient (Wildman–Crippen LogP) is 6.27. The molecular formula is C27H24BrN5OS. The molecule has 0 bridgehead atoms. The fraction of sp³-hybridized carbons (Fsp3) is 0.185. The summed E-state index contributed by atoms with van der Waals surface area (Å²) in [5.74, 6) is 0.792. The molecule has 6 nitrogen and oxygen atoms in total. The van der Waals surface area contributed by atoms with Crippen molar-refractivity contribution in [2.24, 2.45) is 0 Å². The van der Waals surface area contributed by atoms with Crippen LogP contribution in [0.4, 0.5) is 0 Å². The Labute approximate surface area is 216 Å². The van der Waals surface area contributed by atoms with Crippen LogP contribution in [0.5, 0.6) is 0 Å². The number of morpholine rings is 1. The van der Waals surface area contributed by atoms with Crippen molar-refractivity contribution in [3.63, 3.8) is 0 Å². The van der Waals surface area contributed by atoms with Gasteiger partial charge in [0.1, 0.15) is 0 Å². The number of nitrogens with zero attached hydrogens (tertiary/aromatic N) is 4. The standard InChI is InChI=1S/C27H24BrN5OS/c28-20-11-12-23-22(17-20)24(19-7-3-1-4-8-19)25(29-23)26-30-32(18-31-13-15-34-16-14-31)27(35)33(26)21-9-5-2-6-10-21/h1-12,17,29H,13-16,18H2. The summed E-state index contributed by atoms with van der Waals surface area (Å²) in [4.78, 5) is 5.99.